The molecule has 1 aliphatic heterocycles. The number of quaternary nitrogens is 3. The molecule has 1 saturated heterocycles. The number of hydrogen-bond donors (Lipinski definition) is 5. The highest BCUT2D eigenvalue weighted by atomic mass is 16.5. The van der Waals surface area contributed by atoms with Gasteiger partial charge in [-0.15, -0.1) is 0 Å². The first-order valence-electron chi connectivity index (χ1n) is 11.3. The fourth-order valence-corrected chi connectivity index (χ4v) is 6.70. The fraction of sp³-hybridized carbons (Fsp3) is 0.870. The van der Waals surface area contributed by atoms with Crippen LogP contribution in [-0.4, -0.2) is 50.7 Å². The Balaban J connectivity index is 1.99. The van der Waals surface area contributed by atoms with Gasteiger partial charge in [-0.1, -0.05) is 0 Å². The van der Waals surface area contributed by atoms with Crippen molar-refractivity contribution in [2.45, 2.75) is 107 Å². The molecule has 0 aromatic rings. The van der Waals surface area contributed by atoms with E-state index in [0.29, 0.717) is 6.42 Å². The molecular formula is C23H45N3O3. The van der Waals surface area contributed by atoms with Crippen molar-refractivity contribution in [2.24, 2.45) is 17.8 Å². The molecule has 2 saturated carbocycles. The maximum absolute atomic E-state index is 11.6. The Bertz CT molecular complexity index is 602. The molecule has 8 N–H and O–H groups in total. The van der Waals surface area contributed by atoms with Crippen molar-refractivity contribution < 1.29 is 30.9 Å². The van der Waals surface area contributed by atoms with E-state index in [1.54, 1.807) is 0 Å². The van der Waals surface area contributed by atoms with Gasteiger partial charge >= 0.3 is 0 Å². The topological polar surface area (TPSA) is 99.5 Å². The summed E-state index contributed by atoms with van der Waals surface area (Å²) < 4.78 is 6.72. The third-order valence-corrected chi connectivity index (χ3v) is 9.13. The number of rotatable bonds is 5. The van der Waals surface area contributed by atoms with Crippen LogP contribution in [-0.2, 0) is 4.74 Å². The molecule has 3 aliphatic rings. The fourth-order valence-electron chi connectivity index (χ4n) is 6.70. The summed E-state index contributed by atoms with van der Waals surface area (Å²) in [5.41, 5.74) is -1.10. The molecule has 0 spiro atoms. The van der Waals surface area contributed by atoms with Gasteiger partial charge in [0, 0.05) is 30.6 Å². The monoisotopic (exact) mass is 411 g/mol. The molecule has 1 heterocycles. The standard InChI is InChI=1S/C23H45N3O3/c1-20(2,24-6)16-10-12-23(5,29-16)18-15(27)13-22(4,26-8)14-9-11-21(3,25-7)19(28)17(14)18/h14-19,27-28H,6-13,24-26H2,1-5H3. The smallest absolute Gasteiger partial charge is 0.110 e. The van der Waals surface area contributed by atoms with E-state index in [-0.39, 0.29) is 40.5 Å². The lowest BCUT2D eigenvalue weighted by atomic mass is 9.50. The predicted molar refractivity (Wildman–Crippen MR) is 112 cm³/mol. The van der Waals surface area contributed by atoms with E-state index in [4.69, 9.17) is 4.74 Å². The van der Waals surface area contributed by atoms with Gasteiger partial charge in [0.15, 0.2) is 0 Å². The van der Waals surface area contributed by atoms with Gasteiger partial charge in [-0.05, 0) is 53.9 Å². The number of ether oxygens (including phenoxy) is 1. The van der Waals surface area contributed by atoms with Crippen LogP contribution in [0.5, 0.6) is 0 Å². The molecule has 9 atom stereocenters. The van der Waals surface area contributed by atoms with Crippen molar-refractivity contribution >= 4 is 0 Å². The van der Waals surface area contributed by atoms with E-state index in [2.05, 4.69) is 55.8 Å². The highest BCUT2D eigenvalue weighted by molar-refractivity contribution is 5.12. The minimum atomic E-state index is -0.551. The number of nitrogens with two attached hydrogens (primary N) is 3. The lowest BCUT2D eigenvalue weighted by molar-refractivity contribution is -0.705. The van der Waals surface area contributed by atoms with E-state index in [1.807, 2.05) is 16.0 Å². The SMILES string of the molecule is [CH2-][NH2+]C(C)(C)C1CCC(C)(C2C(O)CC(C)([NH2+][CH2-])C3CCC(C)([NH2+][CH2-])C(O)C32)O1. The molecule has 2 aliphatic carbocycles. The molecule has 3 rings (SSSR count). The summed E-state index contributed by atoms with van der Waals surface area (Å²) in [6, 6.07) is 0. The third-order valence-electron chi connectivity index (χ3n) is 9.13. The van der Waals surface area contributed by atoms with E-state index >= 15 is 0 Å². The van der Waals surface area contributed by atoms with Crippen LogP contribution in [0.15, 0.2) is 0 Å². The predicted octanol–water partition coefficient (Wildman–Crippen LogP) is -0.947. The average Bonchev–Trinajstić information content (AvgIpc) is 3.08. The Morgan fingerprint density at radius 1 is 0.966 bits per heavy atom. The molecule has 0 aromatic carbocycles. The molecule has 9 unspecified atom stereocenters. The Kier molecular flexibility index (Phi) is 6.23. The number of hydrogen-bond acceptors (Lipinski definition) is 3. The molecule has 3 fully saturated rings. The van der Waals surface area contributed by atoms with Crippen LogP contribution < -0.4 is 16.0 Å². The molecule has 170 valence electrons. The average molecular weight is 412 g/mol. The Hall–Kier alpha value is -0.240. The zero-order valence-electron chi connectivity index (χ0n) is 19.2. The quantitative estimate of drug-likeness (QED) is 0.377. The van der Waals surface area contributed by atoms with Gasteiger partial charge in [0.05, 0.1) is 28.3 Å². The van der Waals surface area contributed by atoms with Gasteiger partial charge in [0.25, 0.3) is 0 Å². The highest BCUT2D eigenvalue weighted by Gasteiger charge is 2.64. The molecular weight excluding hydrogens is 366 g/mol. The maximum Gasteiger partial charge on any atom is 0.110 e. The largest absolute Gasteiger partial charge is 0.474 e. The van der Waals surface area contributed by atoms with Crippen LogP contribution in [0.3, 0.4) is 0 Å². The van der Waals surface area contributed by atoms with Gasteiger partial charge in [-0.2, -0.15) is 21.1 Å². The Morgan fingerprint density at radius 2 is 1.59 bits per heavy atom. The van der Waals surface area contributed by atoms with Crippen LogP contribution in [0.4, 0.5) is 0 Å². The van der Waals surface area contributed by atoms with E-state index in [0.717, 1.165) is 25.7 Å². The molecule has 0 aromatic heterocycles. The van der Waals surface area contributed by atoms with Crippen molar-refractivity contribution in [3.8, 4) is 0 Å². The van der Waals surface area contributed by atoms with Gasteiger partial charge in [0.2, 0.25) is 0 Å². The van der Waals surface area contributed by atoms with E-state index in [1.165, 1.54) is 0 Å². The van der Waals surface area contributed by atoms with Crippen molar-refractivity contribution in [1.29, 1.82) is 0 Å². The third kappa shape index (κ3) is 3.68. The lowest BCUT2D eigenvalue weighted by Gasteiger charge is -2.60. The van der Waals surface area contributed by atoms with Crippen molar-refractivity contribution in [2.75, 3.05) is 0 Å². The van der Waals surface area contributed by atoms with Gasteiger partial charge in [-0.3, -0.25) is 0 Å². The zero-order chi connectivity index (χ0) is 21.8. The summed E-state index contributed by atoms with van der Waals surface area (Å²) in [6.07, 6.45) is 3.43. The van der Waals surface area contributed by atoms with E-state index in [9.17, 15) is 10.2 Å². The molecule has 6 nitrogen and oxygen atoms in total. The summed E-state index contributed by atoms with van der Waals surface area (Å²) in [6.45, 7) is 10.8. The summed E-state index contributed by atoms with van der Waals surface area (Å²) >= 11 is 0. The number of fused-ring (bicyclic) bond motifs is 1. The summed E-state index contributed by atoms with van der Waals surface area (Å²) in [5.74, 6) is 0.123. The first-order chi connectivity index (χ1) is 13.4. The number of aliphatic hydroxyl groups is 2. The Morgan fingerprint density at radius 3 is 2.14 bits per heavy atom. The van der Waals surface area contributed by atoms with Crippen molar-refractivity contribution in [1.82, 2.24) is 0 Å². The van der Waals surface area contributed by atoms with Crippen LogP contribution in [0.1, 0.15) is 66.7 Å². The van der Waals surface area contributed by atoms with Crippen LogP contribution in [0, 0.1) is 38.9 Å². The first-order valence-corrected chi connectivity index (χ1v) is 11.3. The van der Waals surface area contributed by atoms with E-state index < -0.39 is 17.8 Å². The normalized spacial score (nSPS) is 51.1. The molecule has 0 bridgehead atoms. The minimum Gasteiger partial charge on any atom is -0.474 e. The van der Waals surface area contributed by atoms with Crippen LogP contribution in [0.25, 0.3) is 0 Å². The van der Waals surface area contributed by atoms with Crippen LogP contribution in [0.2, 0.25) is 0 Å². The molecule has 29 heavy (non-hydrogen) atoms. The maximum atomic E-state index is 11.6. The van der Waals surface area contributed by atoms with Crippen molar-refractivity contribution in [3.63, 3.8) is 0 Å². The summed E-state index contributed by atoms with van der Waals surface area (Å²) in [7, 11) is 12.1. The summed E-state index contributed by atoms with van der Waals surface area (Å²) in [5, 5.41) is 28.9. The zero-order valence-corrected chi connectivity index (χ0v) is 19.2. The van der Waals surface area contributed by atoms with Gasteiger partial charge < -0.3 is 30.9 Å². The molecule has 0 radical (unpaired) electrons. The second-order valence-corrected chi connectivity index (χ2v) is 11.4. The minimum absolute atomic E-state index is 0.0471. The summed E-state index contributed by atoms with van der Waals surface area (Å²) in [4.78, 5) is 0. The molecule has 6 heteroatoms. The van der Waals surface area contributed by atoms with Gasteiger partial charge in [-0.25, -0.2) is 0 Å². The second-order valence-electron chi connectivity index (χ2n) is 11.4. The highest BCUT2D eigenvalue weighted by Crippen LogP contribution is 2.55. The second kappa shape index (κ2) is 7.72. The Labute approximate surface area is 177 Å². The molecule has 0 amide bonds. The number of aliphatic hydroxyl groups excluding tert-OH is 2. The van der Waals surface area contributed by atoms with Gasteiger partial charge in [0.1, 0.15) is 12.2 Å². The van der Waals surface area contributed by atoms with Crippen LogP contribution >= 0.6 is 0 Å². The lowest BCUT2D eigenvalue weighted by Crippen LogP contribution is -2.99. The first kappa shape index (κ1) is 23.4. The van der Waals surface area contributed by atoms with Crippen molar-refractivity contribution in [3.05, 3.63) is 21.1 Å².